The number of rotatable bonds is 4. The lowest BCUT2D eigenvalue weighted by Crippen LogP contribution is -2.41. The van der Waals surface area contributed by atoms with E-state index in [1.807, 2.05) is 0 Å². The van der Waals surface area contributed by atoms with Gasteiger partial charge in [0, 0.05) is 29.8 Å². The van der Waals surface area contributed by atoms with Gasteiger partial charge in [-0.25, -0.2) is 8.42 Å². The Labute approximate surface area is 143 Å². The summed E-state index contributed by atoms with van der Waals surface area (Å²) in [5, 5.41) is 7.65. The number of aromatic nitrogens is 2. The molecule has 1 aliphatic heterocycles. The second-order valence-electron chi connectivity index (χ2n) is 5.24. The van der Waals surface area contributed by atoms with Gasteiger partial charge in [0.25, 0.3) is 0 Å². The van der Waals surface area contributed by atoms with E-state index >= 15 is 0 Å². The zero-order chi connectivity index (χ0) is 16.3. The van der Waals surface area contributed by atoms with Crippen molar-refractivity contribution in [2.24, 2.45) is 0 Å². The third-order valence-corrected chi connectivity index (χ3v) is 6.13. The lowest BCUT2D eigenvalue weighted by Gasteiger charge is -2.31. The minimum atomic E-state index is -3.45. The standard InChI is InChI=1S/C15H16BrN3O3S/c16-12-3-5-14(6-4-12)23(20,21)19-10-7-13(8-11-19)22-15-2-1-9-17-18-15/h1-6,9,13H,7-8,10-11H2. The van der Waals surface area contributed by atoms with E-state index in [9.17, 15) is 8.42 Å². The maximum atomic E-state index is 12.6. The molecule has 1 aromatic heterocycles. The summed E-state index contributed by atoms with van der Waals surface area (Å²) in [7, 11) is -3.45. The predicted octanol–water partition coefficient (Wildman–Crippen LogP) is 2.47. The molecule has 2 heterocycles. The summed E-state index contributed by atoms with van der Waals surface area (Å²) < 4.78 is 33.3. The molecule has 0 amide bonds. The molecule has 6 nitrogen and oxygen atoms in total. The van der Waals surface area contributed by atoms with E-state index in [0.29, 0.717) is 36.7 Å². The highest BCUT2D eigenvalue weighted by Gasteiger charge is 2.30. The summed E-state index contributed by atoms with van der Waals surface area (Å²) in [5.41, 5.74) is 0. The quantitative estimate of drug-likeness (QED) is 0.791. The van der Waals surface area contributed by atoms with Gasteiger partial charge in [-0.2, -0.15) is 9.40 Å². The molecule has 3 rings (SSSR count). The van der Waals surface area contributed by atoms with Gasteiger partial charge < -0.3 is 4.74 Å². The first kappa shape index (κ1) is 16.4. The third-order valence-electron chi connectivity index (χ3n) is 3.69. The van der Waals surface area contributed by atoms with Gasteiger partial charge in [-0.05, 0) is 43.2 Å². The van der Waals surface area contributed by atoms with Crippen molar-refractivity contribution in [2.75, 3.05) is 13.1 Å². The normalized spacial score (nSPS) is 17.1. The van der Waals surface area contributed by atoms with Crippen molar-refractivity contribution in [1.82, 2.24) is 14.5 Å². The molecule has 0 unspecified atom stereocenters. The average Bonchev–Trinajstić information content (AvgIpc) is 2.57. The summed E-state index contributed by atoms with van der Waals surface area (Å²) in [6.45, 7) is 0.868. The zero-order valence-electron chi connectivity index (χ0n) is 12.3. The Balaban J connectivity index is 1.63. The SMILES string of the molecule is O=S(=O)(c1ccc(Br)cc1)N1CCC(Oc2cccnn2)CC1. The van der Waals surface area contributed by atoms with Crippen molar-refractivity contribution < 1.29 is 13.2 Å². The molecule has 0 radical (unpaired) electrons. The van der Waals surface area contributed by atoms with Crippen molar-refractivity contribution in [2.45, 2.75) is 23.8 Å². The van der Waals surface area contributed by atoms with Crippen LogP contribution in [0, 0.1) is 0 Å². The smallest absolute Gasteiger partial charge is 0.243 e. The molecule has 23 heavy (non-hydrogen) atoms. The first-order chi connectivity index (χ1) is 11.1. The van der Waals surface area contributed by atoms with Gasteiger partial charge in [-0.15, -0.1) is 5.10 Å². The van der Waals surface area contributed by atoms with Crippen LogP contribution in [-0.2, 0) is 10.0 Å². The Hall–Kier alpha value is -1.51. The minimum absolute atomic E-state index is 0.0388. The molecule has 122 valence electrons. The van der Waals surface area contributed by atoms with Crippen LogP contribution < -0.4 is 4.74 Å². The van der Waals surface area contributed by atoms with Crippen LogP contribution in [0.2, 0.25) is 0 Å². The predicted molar refractivity (Wildman–Crippen MR) is 88.6 cm³/mol. The average molecular weight is 398 g/mol. The van der Waals surface area contributed by atoms with Crippen LogP contribution in [0.25, 0.3) is 0 Å². The van der Waals surface area contributed by atoms with Crippen LogP contribution in [0.5, 0.6) is 5.88 Å². The van der Waals surface area contributed by atoms with Crippen LogP contribution in [0.4, 0.5) is 0 Å². The van der Waals surface area contributed by atoms with E-state index in [4.69, 9.17) is 4.74 Å². The fourth-order valence-corrected chi connectivity index (χ4v) is 4.20. The van der Waals surface area contributed by atoms with E-state index in [0.717, 1.165) is 4.47 Å². The molecule has 1 fully saturated rings. The van der Waals surface area contributed by atoms with E-state index in [-0.39, 0.29) is 6.10 Å². The van der Waals surface area contributed by atoms with Gasteiger partial charge in [0.05, 0.1) is 4.90 Å². The van der Waals surface area contributed by atoms with Crippen LogP contribution in [0.15, 0.2) is 52.0 Å². The number of sulfonamides is 1. The van der Waals surface area contributed by atoms with Crippen molar-refractivity contribution in [3.8, 4) is 5.88 Å². The number of halogens is 1. The Kier molecular flexibility index (Phi) is 4.93. The van der Waals surface area contributed by atoms with Gasteiger partial charge in [-0.3, -0.25) is 0 Å². The van der Waals surface area contributed by atoms with Crippen LogP contribution in [0.1, 0.15) is 12.8 Å². The summed E-state index contributed by atoms with van der Waals surface area (Å²) in [6, 6.07) is 10.2. The van der Waals surface area contributed by atoms with Crippen molar-refractivity contribution >= 4 is 26.0 Å². The molecular weight excluding hydrogens is 382 g/mol. The highest BCUT2D eigenvalue weighted by Crippen LogP contribution is 2.23. The van der Waals surface area contributed by atoms with E-state index in [1.165, 1.54) is 4.31 Å². The van der Waals surface area contributed by atoms with E-state index in [1.54, 1.807) is 42.6 Å². The lowest BCUT2D eigenvalue weighted by molar-refractivity contribution is 0.128. The molecule has 0 N–H and O–H groups in total. The van der Waals surface area contributed by atoms with E-state index in [2.05, 4.69) is 26.1 Å². The monoisotopic (exact) mass is 397 g/mol. The summed E-state index contributed by atoms with van der Waals surface area (Å²) in [6.07, 6.45) is 2.81. The number of nitrogens with zero attached hydrogens (tertiary/aromatic N) is 3. The molecule has 0 aliphatic carbocycles. The molecule has 0 saturated carbocycles. The van der Waals surface area contributed by atoms with Gasteiger partial charge >= 0.3 is 0 Å². The second-order valence-corrected chi connectivity index (χ2v) is 8.09. The first-order valence-corrected chi connectivity index (χ1v) is 9.49. The molecule has 1 aromatic carbocycles. The Morgan fingerprint density at radius 3 is 2.43 bits per heavy atom. The van der Waals surface area contributed by atoms with Crippen molar-refractivity contribution in [1.29, 1.82) is 0 Å². The molecule has 0 atom stereocenters. The Morgan fingerprint density at radius 2 is 1.83 bits per heavy atom. The summed E-state index contributed by atoms with van der Waals surface area (Å²) in [5.74, 6) is 0.474. The topological polar surface area (TPSA) is 72.4 Å². The first-order valence-electron chi connectivity index (χ1n) is 7.26. The number of piperidine rings is 1. The van der Waals surface area contributed by atoms with Crippen LogP contribution in [0.3, 0.4) is 0 Å². The summed E-state index contributed by atoms with van der Waals surface area (Å²) in [4.78, 5) is 0.314. The number of hydrogen-bond donors (Lipinski definition) is 0. The third kappa shape index (κ3) is 3.88. The van der Waals surface area contributed by atoms with Crippen molar-refractivity contribution in [3.05, 3.63) is 47.1 Å². The van der Waals surface area contributed by atoms with Gasteiger partial charge in [0.2, 0.25) is 15.9 Å². The van der Waals surface area contributed by atoms with E-state index < -0.39 is 10.0 Å². The molecular formula is C15H16BrN3O3S. The Morgan fingerprint density at radius 1 is 1.13 bits per heavy atom. The second kappa shape index (κ2) is 6.94. The number of benzene rings is 1. The van der Waals surface area contributed by atoms with Crippen molar-refractivity contribution in [3.63, 3.8) is 0 Å². The maximum absolute atomic E-state index is 12.6. The van der Waals surface area contributed by atoms with Gasteiger partial charge in [0.15, 0.2) is 0 Å². The highest BCUT2D eigenvalue weighted by atomic mass is 79.9. The lowest BCUT2D eigenvalue weighted by atomic mass is 10.1. The molecule has 1 aliphatic rings. The zero-order valence-corrected chi connectivity index (χ0v) is 14.7. The fraction of sp³-hybridized carbons (Fsp3) is 0.333. The molecule has 2 aromatic rings. The molecule has 1 saturated heterocycles. The molecule has 0 bridgehead atoms. The van der Waals surface area contributed by atoms with Crippen LogP contribution >= 0.6 is 15.9 Å². The number of ether oxygens (including phenoxy) is 1. The molecule has 0 spiro atoms. The molecule has 8 heteroatoms. The Bertz CT molecular complexity index is 745. The van der Waals surface area contributed by atoms with Gasteiger partial charge in [0.1, 0.15) is 6.10 Å². The summed E-state index contributed by atoms with van der Waals surface area (Å²) >= 11 is 3.31. The fourth-order valence-electron chi connectivity index (χ4n) is 2.47. The number of hydrogen-bond acceptors (Lipinski definition) is 5. The highest BCUT2D eigenvalue weighted by molar-refractivity contribution is 9.10. The minimum Gasteiger partial charge on any atom is -0.473 e. The van der Waals surface area contributed by atoms with Gasteiger partial charge in [-0.1, -0.05) is 15.9 Å². The largest absolute Gasteiger partial charge is 0.473 e. The maximum Gasteiger partial charge on any atom is 0.243 e. The van der Waals surface area contributed by atoms with Crippen LogP contribution in [-0.4, -0.2) is 42.1 Å².